The molecule has 0 aromatic rings. The maximum Gasteiger partial charge on any atom is 0.177 e. The molecule has 1 N–H and O–H groups in total. The van der Waals surface area contributed by atoms with Crippen molar-refractivity contribution in [1.29, 1.82) is 0 Å². The summed E-state index contributed by atoms with van der Waals surface area (Å²) in [5.41, 5.74) is 0.528. The molecule has 0 fully saturated rings. The molecule has 0 aliphatic rings. The highest BCUT2D eigenvalue weighted by Gasteiger charge is 1.99. The first-order chi connectivity index (χ1) is 4.22. The quantitative estimate of drug-likeness (QED) is 0.573. The topological polar surface area (TPSA) is 29.1 Å². The SMILES string of the molecule is C=C(NCC)C(=O)CC. The van der Waals surface area contributed by atoms with Crippen LogP contribution in [-0.4, -0.2) is 12.3 Å². The number of hydrogen-bond donors (Lipinski definition) is 1. The molecule has 0 atom stereocenters. The van der Waals surface area contributed by atoms with Gasteiger partial charge in [0.1, 0.15) is 0 Å². The third kappa shape index (κ3) is 2.90. The number of allylic oxidation sites excluding steroid dienone is 1. The van der Waals surface area contributed by atoms with Gasteiger partial charge in [0.25, 0.3) is 0 Å². The van der Waals surface area contributed by atoms with Crippen LogP contribution in [-0.2, 0) is 4.79 Å². The summed E-state index contributed by atoms with van der Waals surface area (Å²) in [6, 6.07) is 0. The lowest BCUT2D eigenvalue weighted by atomic mass is 10.2. The Bertz CT molecular complexity index is 118. The highest BCUT2D eigenvalue weighted by Crippen LogP contribution is 1.89. The van der Waals surface area contributed by atoms with Crippen molar-refractivity contribution in [3.8, 4) is 0 Å². The molecule has 0 aromatic carbocycles. The maximum absolute atomic E-state index is 10.7. The van der Waals surface area contributed by atoms with E-state index in [-0.39, 0.29) is 5.78 Å². The van der Waals surface area contributed by atoms with Gasteiger partial charge in [0.15, 0.2) is 5.78 Å². The molecule has 0 saturated heterocycles. The molecular weight excluding hydrogens is 114 g/mol. The number of carbonyl (C=O) groups is 1. The average molecular weight is 127 g/mol. The van der Waals surface area contributed by atoms with Crippen LogP contribution in [0.5, 0.6) is 0 Å². The standard InChI is InChI=1S/C7H13NO/c1-4-7(9)6(3)8-5-2/h8H,3-5H2,1-2H3. The molecule has 2 nitrogen and oxygen atoms in total. The summed E-state index contributed by atoms with van der Waals surface area (Å²) in [6.07, 6.45) is 0.534. The van der Waals surface area contributed by atoms with E-state index in [0.717, 1.165) is 6.54 Å². The molecule has 0 spiro atoms. The summed E-state index contributed by atoms with van der Waals surface area (Å²) >= 11 is 0. The van der Waals surface area contributed by atoms with Gasteiger partial charge in [0, 0.05) is 13.0 Å². The summed E-state index contributed by atoms with van der Waals surface area (Å²) in [5.74, 6) is 0.0943. The van der Waals surface area contributed by atoms with E-state index < -0.39 is 0 Å². The van der Waals surface area contributed by atoms with Crippen LogP contribution in [0.1, 0.15) is 20.3 Å². The average Bonchev–Trinajstić information content (AvgIpc) is 1.87. The smallest absolute Gasteiger partial charge is 0.177 e. The number of Topliss-reactive ketones (excluding diaryl/α,β-unsaturated/α-hetero) is 1. The third-order valence-electron chi connectivity index (χ3n) is 1.05. The van der Waals surface area contributed by atoms with Gasteiger partial charge in [-0.1, -0.05) is 13.5 Å². The van der Waals surface area contributed by atoms with Crippen LogP contribution >= 0.6 is 0 Å². The molecule has 0 unspecified atom stereocenters. The third-order valence-corrected chi connectivity index (χ3v) is 1.05. The van der Waals surface area contributed by atoms with E-state index in [1.165, 1.54) is 0 Å². The van der Waals surface area contributed by atoms with Gasteiger partial charge < -0.3 is 5.32 Å². The molecular formula is C7H13NO. The van der Waals surface area contributed by atoms with Crippen molar-refractivity contribution in [1.82, 2.24) is 5.32 Å². The summed E-state index contributed by atoms with van der Waals surface area (Å²) in [6.45, 7) is 8.09. The second-order valence-electron chi connectivity index (χ2n) is 1.79. The van der Waals surface area contributed by atoms with Crippen molar-refractivity contribution in [3.63, 3.8) is 0 Å². The minimum atomic E-state index is 0.0943. The maximum atomic E-state index is 10.7. The number of hydrogen-bond acceptors (Lipinski definition) is 2. The number of carbonyl (C=O) groups excluding carboxylic acids is 1. The summed E-state index contributed by atoms with van der Waals surface area (Å²) in [4.78, 5) is 10.7. The Balaban J connectivity index is 3.60. The Kier molecular flexibility index (Phi) is 3.76. The molecule has 0 aliphatic heterocycles. The van der Waals surface area contributed by atoms with E-state index in [1.54, 1.807) is 0 Å². The van der Waals surface area contributed by atoms with Gasteiger partial charge in [-0.2, -0.15) is 0 Å². The molecule has 0 aliphatic carbocycles. The first-order valence-electron chi connectivity index (χ1n) is 3.18. The van der Waals surface area contributed by atoms with Gasteiger partial charge in [-0.25, -0.2) is 0 Å². The van der Waals surface area contributed by atoms with Crippen molar-refractivity contribution in [2.45, 2.75) is 20.3 Å². The van der Waals surface area contributed by atoms with Crippen LogP contribution in [0, 0.1) is 0 Å². The fourth-order valence-corrected chi connectivity index (χ4v) is 0.525. The molecule has 0 saturated carbocycles. The van der Waals surface area contributed by atoms with Gasteiger partial charge in [0.2, 0.25) is 0 Å². The number of likely N-dealkylation sites (N-methyl/N-ethyl adjacent to an activating group) is 1. The predicted octanol–water partition coefficient (Wildman–Crippen LogP) is 1.09. The normalized spacial score (nSPS) is 8.67. The Morgan fingerprint density at radius 1 is 1.56 bits per heavy atom. The second-order valence-corrected chi connectivity index (χ2v) is 1.79. The highest BCUT2D eigenvalue weighted by molar-refractivity contribution is 5.93. The molecule has 0 bridgehead atoms. The van der Waals surface area contributed by atoms with E-state index in [9.17, 15) is 4.79 Å². The van der Waals surface area contributed by atoms with Gasteiger partial charge in [0.05, 0.1) is 5.70 Å². The van der Waals surface area contributed by atoms with Crippen LogP contribution in [0.15, 0.2) is 12.3 Å². The van der Waals surface area contributed by atoms with Gasteiger partial charge in [-0.15, -0.1) is 0 Å². The Morgan fingerprint density at radius 2 is 2.11 bits per heavy atom. The van der Waals surface area contributed by atoms with Crippen molar-refractivity contribution in [3.05, 3.63) is 12.3 Å². The van der Waals surface area contributed by atoms with Crippen LogP contribution < -0.4 is 5.32 Å². The van der Waals surface area contributed by atoms with Crippen molar-refractivity contribution in [2.24, 2.45) is 0 Å². The van der Waals surface area contributed by atoms with E-state index in [2.05, 4.69) is 11.9 Å². The largest absolute Gasteiger partial charge is 0.383 e. The summed E-state index contributed by atoms with van der Waals surface area (Å²) in [7, 11) is 0. The predicted molar refractivity (Wildman–Crippen MR) is 38.1 cm³/mol. The highest BCUT2D eigenvalue weighted by atomic mass is 16.1. The fraction of sp³-hybridized carbons (Fsp3) is 0.571. The Morgan fingerprint density at radius 3 is 2.44 bits per heavy atom. The van der Waals surface area contributed by atoms with Gasteiger partial charge >= 0.3 is 0 Å². The molecule has 0 amide bonds. The summed E-state index contributed by atoms with van der Waals surface area (Å²) in [5, 5.41) is 2.85. The first kappa shape index (κ1) is 8.21. The zero-order chi connectivity index (χ0) is 7.28. The van der Waals surface area contributed by atoms with E-state index in [1.807, 2.05) is 13.8 Å². The Hall–Kier alpha value is -0.790. The van der Waals surface area contributed by atoms with Crippen LogP contribution in [0.25, 0.3) is 0 Å². The van der Waals surface area contributed by atoms with Crippen LogP contribution in [0.3, 0.4) is 0 Å². The minimum Gasteiger partial charge on any atom is -0.383 e. The van der Waals surface area contributed by atoms with Crippen molar-refractivity contribution >= 4 is 5.78 Å². The van der Waals surface area contributed by atoms with Gasteiger partial charge in [-0.05, 0) is 6.92 Å². The number of rotatable bonds is 4. The van der Waals surface area contributed by atoms with Crippen LogP contribution in [0.4, 0.5) is 0 Å². The summed E-state index contributed by atoms with van der Waals surface area (Å²) < 4.78 is 0. The lowest BCUT2D eigenvalue weighted by Crippen LogP contribution is -2.17. The molecule has 0 rings (SSSR count). The Labute approximate surface area is 56.0 Å². The van der Waals surface area contributed by atoms with Gasteiger partial charge in [-0.3, -0.25) is 4.79 Å². The lowest BCUT2D eigenvalue weighted by Gasteiger charge is -2.02. The van der Waals surface area contributed by atoms with E-state index >= 15 is 0 Å². The molecule has 2 heteroatoms. The fourth-order valence-electron chi connectivity index (χ4n) is 0.525. The minimum absolute atomic E-state index is 0.0943. The van der Waals surface area contributed by atoms with Crippen molar-refractivity contribution < 1.29 is 4.79 Å². The van der Waals surface area contributed by atoms with Crippen LogP contribution in [0.2, 0.25) is 0 Å². The monoisotopic (exact) mass is 127 g/mol. The lowest BCUT2D eigenvalue weighted by molar-refractivity contribution is -0.115. The molecule has 52 valence electrons. The first-order valence-corrected chi connectivity index (χ1v) is 3.18. The second kappa shape index (κ2) is 4.13. The molecule has 9 heavy (non-hydrogen) atoms. The zero-order valence-electron chi connectivity index (χ0n) is 6.03. The van der Waals surface area contributed by atoms with E-state index in [4.69, 9.17) is 0 Å². The zero-order valence-corrected chi connectivity index (χ0v) is 6.03. The molecule has 0 heterocycles. The number of ketones is 1. The van der Waals surface area contributed by atoms with Crippen molar-refractivity contribution in [2.75, 3.05) is 6.54 Å². The number of nitrogens with one attached hydrogen (secondary N) is 1. The molecule has 0 aromatic heterocycles. The molecule has 0 radical (unpaired) electrons. The van der Waals surface area contributed by atoms with E-state index in [0.29, 0.717) is 12.1 Å².